The van der Waals surface area contributed by atoms with E-state index in [1.165, 1.54) is 0 Å². The number of rotatable bonds is 8. The minimum absolute atomic E-state index is 0. The number of amides is 2. The van der Waals surface area contributed by atoms with Crippen LogP contribution in [-0.2, 0) is 19.2 Å². The van der Waals surface area contributed by atoms with E-state index in [0.717, 1.165) is 0 Å². The Bertz CT molecular complexity index is 331. The van der Waals surface area contributed by atoms with Gasteiger partial charge in [-0.15, -0.1) is 0 Å². The fourth-order valence-electron chi connectivity index (χ4n) is 0.831. The summed E-state index contributed by atoms with van der Waals surface area (Å²) >= 11 is 0. The zero-order valence-electron chi connectivity index (χ0n) is 11.4. The monoisotopic (exact) mass is 314 g/mol. The van der Waals surface area contributed by atoms with E-state index in [1.54, 1.807) is 0 Å². The van der Waals surface area contributed by atoms with Crippen LogP contribution in [0.3, 0.4) is 0 Å². The van der Waals surface area contributed by atoms with E-state index in [-0.39, 0.29) is 48.7 Å². The van der Waals surface area contributed by atoms with E-state index < -0.39 is 35.8 Å². The fraction of sp³-hybridized carbons (Fsp3) is 0.600. The quantitative estimate of drug-likeness (QED) is 0.315. The number of carboxylic acid groups (broad SMARTS) is 2. The van der Waals surface area contributed by atoms with Crippen LogP contribution in [-0.4, -0.2) is 58.9 Å². The van der Waals surface area contributed by atoms with Crippen LogP contribution in [0.25, 0.3) is 0 Å². The molecular weight excluding hydrogens is 296 g/mol. The van der Waals surface area contributed by atoms with E-state index in [9.17, 15) is 29.4 Å². The van der Waals surface area contributed by atoms with Crippen molar-refractivity contribution in [2.45, 2.75) is 37.8 Å². The summed E-state index contributed by atoms with van der Waals surface area (Å²) in [6, 6.07) is -2.18. The van der Waals surface area contributed by atoms with Gasteiger partial charge >= 0.3 is 23.1 Å². The second kappa shape index (κ2) is 13.5. The van der Waals surface area contributed by atoms with Gasteiger partial charge < -0.3 is 42.7 Å². The van der Waals surface area contributed by atoms with Crippen molar-refractivity contribution in [3.63, 3.8) is 0 Å². The second-order valence-electron chi connectivity index (χ2n) is 3.86. The number of hydrogen-bond acceptors (Lipinski definition) is 8. The predicted octanol–water partition coefficient (Wildman–Crippen LogP) is -5.72. The Balaban J connectivity index is -0.000000295. The first-order valence-electron chi connectivity index (χ1n) is 5.57. The van der Waals surface area contributed by atoms with Gasteiger partial charge in [-0.25, -0.2) is 0 Å². The smallest absolute Gasteiger partial charge is 0.548 e. The van der Waals surface area contributed by atoms with Gasteiger partial charge in [-0.2, -0.15) is 0 Å². The molecule has 0 heterocycles. The molecule has 0 aliphatic rings. The molecule has 0 aliphatic carbocycles. The van der Waals surface area contributed by atoms with Crippen LogP contribution in [0.2, 0.25) is 0 Å². The summed E-state index contributed by atoms with van der Waals surface area (Å²) in [5.74, 6) is -3.84. The summed E-state index contributed by atoms with van der Waals surface area (Å²) in [4.78, 5) is 40.0. The van der Waals surface area contributed by atoms with Crippen molar-refractivity contribution in [1.82, 2.24) is 0 Å². The Hall–Kier alpha value is -1.43. The largest absolute Gasteiger partial charge is 2.00 e. The first-order chi connectivity index (χ1) is 9.07. The molecule has 2 amide bonds. The topological polar surface area (TPSA) is 218 Å². The number of hydrogen-bond donors (Lipinski definition) is 4. The maximum Gasteiger partial charge on any atom is 2.00 e. The number of aliphatic carboxylic acids is 2. The Morgan fingerprint density at radius 1 is 0.762 bits per heavy atom. The average Bonchev–Trinajstić information content (AvgIpc) is 2.33. The van der Waals surface area contributed by atoms with Crippen molar-refractivity contribution in [1.29, 1.82) is 0 Å². The molecule has 0 spiro atoms. The molecule has 8 N–H and O–H groups in total. The minimum Gasteiger partial charge on any atom is -0.548 e. The van der Waals surface area contributed by atoms with Gasteiger partial charge in [0.1, 0.15) is 0 Å². The van der Waals surface area contributed by atoms with Crippen LogP contribution in [0.1, 0.15) is 25.7 Å². The zero-order chi connectivity index (χ0) is 16.3. The Morgan fingerprint density at radius 2 is 1.00 bits per heavy atom. The van der Waals surface area contributed by atoms with Crippen LogP contribution in [0.5, 0.6) is 0 Å². The molecule has 0 rings (SSSR count). The third-order valence-electron chi connectivity index (χ3n) is 2.01. The summed E-state index contributed by atoms with van der Waals surface area (Å²) in [5.41, 5.74) is 19.5. The second-order valence-corrected chi connectivity index (χ2v) is 3.86. The number of carbonyl (C=O) groups is 4. The van der Waals surface area contributed by atoms with Crippen LogP contribution in [0, 0.1) is 0 Å². The van der Waals surface area contributed by atoms with Gasteiger partial charge in [-0.1, -0.05) is 0 Å². The molecule has 0 aromatic rings. The normalized spacial score (nSPS) is 11.9. The maximum atomic E-state index is 10.1. The van der Waals surface area contributed by atoms with Gasteiger partial charge in [0.25, 0.3) is 0 Å². The first-order valence-corrected chi connectivity index (χ1v) is 5.57. The molecule has 11 heteroatoms. The predicted molar refractivity (Wildman–Crippen MR) is 68.6 cm³/mol. The summed E-state index contributed by atoms with van der Waals surface area (Å²) in [6.45, 7) is 0. The molecule has 0 fully saturated rings. The Morgan fingerprint density at radius 3 is 1.14 bits per heavy atom. The average molecular weight is 315 g/mol. The fourth-order valence-corrected chi connectivity index (χ4v) is 0.831. The van der Waals surface area contributed by atoms with Gasteiger partial charge in [-0.3, -0.25) is 9.59 Å². The molecule has 10 nitrogen and oxygen atoms in total. The van der Waals surface area contributed by atoms with E-state index in [1.807, 2.05) is 0 Å². The zero-order valence-corrected chi connectivity index (χ0v) is 12.9. The van der Waals surface area contributed by atoms with Crippen molar-refractivity contribution < 1.29 is 29.4 Å². The number of primary amides is 2. The maximum absolute atomic E-state index is 10.1. The van der Waals surface area contributed by atoms with Crippen molar-refractivity contribution in [2.24, 2.45) is 22.9 Å². The Kier molecular flexibility index (Phi) is 15.9. The van der Waals surface area contributed by atoms with Crippen molar-refractivity contribution in [3.05, 3.63) is 0 Å². The van der Waals surface area contributed by atoms with Crippen molar-refractivity contribution in [3.8, 4) is 0 Å². The molecular formula is C10H18MgN4O6. The van der Waals surface area contributed by atoms with Gasteiger partial charge in [-0.05, 0) is 12.8 Å². The van der Waals surface area contributed by atoms with E-state index in [4.69, 9.17) is 22.9 Å². The van der Waals surface area contributed by atoms with Gasteiger partial charge in [0, 0.05) is 24.9 Å². The summed E-state index contributed by atoms with van der Waals surface area (Å²) in [6.07, 6.45) is 0.0413. The molecule has 21 heavy (non-hydrogen) atoms. The van der Waals surface area contributed by atoms with Crippen LogP contribution in [0.15, 0.2) is 0 Å². The summed E-state index contributed by atoms with van der Waals surface area (Å²) in [7, 11) is 0. The number of carboxylic acids is 2. The molecule has 0 saturated heterocycles. The first kappa shape index (κ1) is 24.6. The number of nitrogens with two attached hydrogens (primary N) is 4. The molecule has 2 atom stereocenters. The summed E-state index contributed by atoms with van der Waals surface area (Å²) < 4.78 is 0. The van der Waals surface area contributed by atoms with Crippen LogP contribution < -0.4 is 33.1 Å². The molecule has 0 unspecified atom stereocenters. The molecule has 0 saturated carbocycles. The molecule has 116 valence electrons. The molecule has 0 bridgehead atoms. The van der Waals surface area contributed by atoms with E-state index in [0.29, 0.717) is 0 Å². The van der Waals surface area contributed by atoms with Crippen LogP contribution in [0.4, 0.5) is 0 Å². The standard InChI is InChI=1S/2C5H10N2O3.Mg/c2*6-3(5(9)10)1-2-4(7)8;/h2*3H,1-2,6H2,(H2,7,8)(H,9,10);/q;;+2/p-2/t2*3-;/m00./s1. The molecule has 0 aromatic heterocycles. The number of carbonyl (C=O) groups excluding carboxylic acids is 4. The third kappa shape index (κ3) is 18.6. The summed E-state index contributed by atoms with van der Waals surface area (Å²) in [5, 5.41) is 19.8. The van der Waals surface area contributed by atoms with Gasteiger partial charge in [0.2, 0.25) is 11.8 Å². The third-order valence-corrected chi connectivity index (χ3v) is 2.01. The minimum atomic E-state index is -1.36. The van der Waals surface area contributed by atoms with E-state index in [2.05, 4.69) is 0 Å². The Labute approximate surface area is 137 Å². The van der Waals surface area contributed by atoms with Gasteiger partial charge in [0.05, 0.1) is 11.9 Å². The van der Waals surface area contributed by atoms with Gasteiger partial charge in [0.15, 0.2) is 0 Å². The SMILES string of the molecule is NC(=O)CC[C@H](N)C(=O)[O-].NC(=O)CC[C@H](N)C(=O)[O-].[Mg+2]. The molecule has 0 aromatic carbocycles. The van der Waals surface area contributed by atoms with Crippen LogP contribution >= 0.6 is 0 Å². The van der Waals surface area contributed by atoms with Crippen molar-refractivity contribution in [2.75, 3.05) is 0 Å². The van der Waals surface area contributed by atoms with E-state index >= 15 is 0 Å². The molecule has 0 aliphatic heterocycles. The van der Waals surface area contributed by atoms with Crippen molar-refractivity contribution >= 4 is 46.8 Å². The molecule has 0 radical (unpaired) electrons.